The molecular formula is C11H6BrFN4O2. The summed E-state index contributed by atoms with van der Waals surface area (Å²) in [4.78, 5) is 10.0. The van der Waals surface area contributed by atoms with Crippen LogP contribution in [-0.2, 0) is 6.54 Å². The van der Waals surface area contributed by atoms with Crippen LogP contribution in [0.1, 0.15) is 11.1 Å². The van der Waals surface area contributed by atoms with Crippen molar-refractivity contribution in [3.63, 3.8) is 0 Å². The second-order valence-electron chi connectivity index (χ2n) is 3.67. The second kappa shape index (κ2) is 5.16. The van der Waals surface area contributed by atoms with Gasteiger partial charge in [0.05, 0.1) is 29.5 Å². The van der Waals surface area contributed by atoms with Gasteiger partial charge >= 0.3 is 5.82 Å². The number of aromatic nitrogens is 2. The molecule has 0 unspecified atom stereocenters. The lowest BCUT2D eigenvalue weighted by Crippen LogP contribution is -2.03. The zero-order chi connectivity index (χ0) is 14.0. The van der Waals surface area contributed by atoms with Gasteiger partial charge in [-0.15, -0.1) is 0 Å². The molecule has 1 heterocycles. The van der Waals surface area contributed by atoms with Crippen molar-refractivity contribution < 1.29 is 9.31 Å². The highest BCUT2D eigenvalue weighted by molar-refractivity contribution is 9.10. The Morgan fingerprint density at radius 2 is 2.32 bits per heavy atom. The first-order chi connectivity index (χ1) is 9.01. The largest absolute Gasteiger partial charge is 0.404 e. The van der Waals surface area contributed by atoms with E-state index >= 15 is 0 Å². The zero-order valence-electron chi connectivity index (χ0n) is 9.38. The Balaban J connectivity index is 2.36. The first kappa shape index (κ1) is 13.2. The van der Waals surface area contributed by atoms with Crippen LogP contribution >= 0.6 is 15.9 Å². The fourth-order valence-corrected chi connectivity index (χ4v) is 2.03. The van der Waals surface area contributed by atoms with E-state index in [0.717, 1.165) is 0 Å². The van der Waals surface area contributed by atoms with E-state index in [2.05, 4.69) is 21.0 Å². The van der Waals surface area contributed by atoms with Gasteiger partial charge in [-0.2, -0.15) is 9.94 Å². The third-order valence-electron chi connectivity index (χ3n) is 2.39. The summed E-state index contributed by atoms with van der Waals surface area (Å²) in [6.45, 7) is 0.0765. The zero-order valence-corrected chi connectivity index (χ0v) is 11.0. The number of nitrogens with zero attached hydrogens (tertiary/aromatic N) is 4. The summed E-state index contributed by atoms with van der Waals surface area (Å²) < 4.78 is 14.6. The third kappa shape index (κ3) is 2.77. The van der Waals surface area contributed by atoms with Crippen LogP contribution in [0.5, 0.6) is 0 Å². The molecule has 0 radical (unpaired) electrons. The van der Waals surface area contributed by atoms with E-state index in [1.165, 1.54) is 29.1 Å². The van der Waals surface area contributed by atoms with Crippen LogP contribution < -0.4 is 0 Å². The fraction of sp³-hybridized carbons (Fsp3) is 0.0909. The van der Waals surface area contributed by atoms with Crippen molar-refractivity contribution in [2.75, 3.05) is 0 Å². The topological polar surface area (TPSA) is 84.8 Å². The van der Waals surface area contributed by atoms with Crippen molar-refractivity contribution >= 4 is 21.7 Å². The minimum Gasteiger partial charge on any atom is -0.358 e. The molecule has 0 bridgehead atoms. The lowest BCUT2D eigenvalue weighted by molar-refractivity contribution is -0.390. The molecule has 96 valence electrons. The van der Waals surface area contributed by atoms with Crippen molar-refractivity contribution in [1.29, 1.82) is 5.26 Å². The van der Waals surface area contributed by atoms with Gasteiger partial charge in [0, 0.05) is 0 Å². The van der Waals surface area contributed by atoms with Crippen molar-refractivity contribution in [2.24, 2.45) is 0 Å². The summed E-state index contributed by atoms with van der Waals surface area (Å²) in [6.07, 6.45) is 1.41. The lowest BCUT2D eigenvalue weighted by atomic mass is 10.1. The summed E-state index contributed by atoms with van der Waals surface area (Å²) in [5.41, 5.74) is 0.711. The molecule has 0 spiro atoms. The van der Waals surface area contributed by atoms with Gasteiger partial charge in [0.1, 0.15) is 10.3 Å². The smallest absolute Gasteiger partial charge is 0.358 e. The van der Waals surface area contributed by atoms with Crippen molar-refractivity contribution in [1.82, 2.24) is 9.78 Å². The molecule has 0 amide bonds. The molecule has 0 aliphatic heterocycles. The quantitative estimate of drug-likeness (QED) is 0.641. The van der Waals surface area contributed by atoms with E-state index in [9.17, 15) is 14.5 Å². The number of benzene rings is 1. The molecule has 1 aromatic carbocycles. The molecule has 1 aromatic heterocycles. The monoisotopic (exact) mass is 324 g/mol. The van der Waals surface area contributed by atoms with Crippen LogP contribution in [0.25, 0.3) is 0 Å². The highest BCUT2D eigenvalue weighted by atomic mass is 79.9. The van der Waals surface area contributed by atoms with Crippen molar-refractivity contribution in [3.8, 4) is 6.07 Å². The van der Waals surface area contributed by atoms with Crippen molar-refractivity contribution in [3.05, 3.63) is 55.9 Å². The molecule has 0 saturated carbocycles. The van der Waals surface area contributed by atoms with Crippen LogP contribution in [0.4, 0.5) is 10.2 Å². The fourth-order valence-electron chi connectivity index (χ4n) is 1.57. The number of hydrogen-bond acceptors (Lipinski definition) is 4. The average Bonchev–Trinajstić information content (AvgIpc) is 2.71. The van der Waals surface area contributed by atoms with E-state index < -0.39 is 10.7 Å². The number of hydrogen-bond donors (Lipinski definition) is 0. The van der Waals surface area contributed by atoms with E-state index in [0.29, 0.717) is 11.1 Å². The molecule has 0 atom stereocenters. The third-order valence-corrected chi connectivity index (χ3v) is 2.95. The number of nitro groups is 1. The summed E-state index contributed by atoms with van der Waals surface area (Å²) in [6, 6.07) is 5.68. The van der Waals surface area contributed by atoms with Gasteiger partial charge in [0.2, 0.25) is 0 Å². The van der Waals surface area contributed by atoms with Gasteiger partial charge in [0.25, 0.3) is 0 Å². The summed E-state index contributed by atoms with van der Waals surface area (Å²) >= 11 is 3.02. The molecule has 2 aromatic rings. The minimum absolute atomic E-state index is 0.0765. The molecule has 6 nitrogen and oxygen atoms in total. The Bertz CT molecular complexity index is 692. The second-order valence-corrected chi connectivity index (χ2v) is 4.52. The van der Waals surface area contributed by atoms with Gasteiger partial charge < -0.3 is 10.1 Å². The van der Waals surface area contributed by atoms with Gasteiger partial charge in [-0.3, -0.25) is 0 Å². The molecule has 0 N–H and O–H groups in total. The van der Waals surface area contributed by atoms with Crippen LogP contribution in [0.15, 0.2) is 28.9 Å². The van der Waals surface area contributed by atoms with E-state index in [-0.39, 0.29) is 16.8 Å². The van der Waals surface area contributed by atoms with Gasteiger partial charge in [-0.25, -0.2) is 4.39 Å². The standard InChI is InChI=1S/C11H6BrFN4O2/c12-10-6-16(15-11(10)17(18)19)5-8-3-9(13)2-1-7(8)4-14/h1-3,6H,5H2. The predicted octanol–water partition coefficient (Wildman–Crippen LogP) is 2.61. The maximum atomic E-state index is 13.1. The summed E-state index contributed by atoms with van der Waals surface area (Å²) in [5.74, 6) is -0.801. The highest BCUT2D eigenvalue weighted by Crippen LogP contribution is 2.23. The SMILES string of the molecule is N#Cc1ccc(F)cc1Cn1cc(Br)c([N+](=O)[O-])n1. The minimum atomic E-state index is -0.628. The Hall–Kier alpha value is -2.27. The van der Waals surface area contributed by atoms with Crippen LogP contribution in [0, 0.1) is 27.3 Å². The molecular weight excluding hydrogens is 319 g/mol. The van der Waals surface area contributed by atoms with Gasteiger partial charge in [-0.1, -0.05) is 0 Å². The summed E-state index contributed by atoms with van der Waals surface area (Å²) in [5, 5.41) is 23.3. The number of rotatable bonds is 3. The molecule has 0 aliphatic rings. The first-order valence-electron chi connectivity index (χ1n) is 5.07. The molecule has 0 aliphatic carbocycles. The average molecular weight is 325 g/mol. The van der Waals surface area contributed by atoms with E-state index in [1.807, 2.05) is 6.07 Å². The molecule has 8 heteroatoms. The molecule has 0 fully saturated rings. The van der Waals surface area contributed by atoms with Crippen LogP contribution in [0.2, 0.25) is 0 Å². The lowest BCUT2D eigenvalue weighted by Gasteiger charge is -2.01. The Kier molecular flexibility index (Phi) is 3.57. The Labute approximate surface area is 115 Å². The molecule has 2 rings (SSSR count). The normalized spacial score (nSPS) is 10.2. The van der Waals surface area contributed by atoms with Crippen molar-refractivity contribution in [2.45, 2.75) is 6.54 Å². The predicted molar refractivity (Wildman–Crippen MR) is 66.8 cm³/mol. The highest BCUT2D eigenvalue weighted by Gasteiger charge is 2.19. The van der Waals surface area contributed by atoms with Gasteiger partial charge in [0.15, 0.2) is 0 Å². The van der Waals surface area contributed by atoms with Crippen LogP contribution in [-0.4, -0.2) is 14.7 Å². The molecule has 19 heavy (non-hydrogen) atoms. The maximum absolute atomic E-state index is 13.1. The Morgan fingerprint density at radius 1 is 1.58 bits per heavy atom. The number of halogens is 2. The number of nitriles is 1. The van der Waals surface area contributed by atoms with Crippen LogP contribution in [0.3, 0.4) is 0 Å². The maximum Gasteiger partial charge on any atom is 0.404 e. The first-order valence-corrected chi connectivity index (χ1v) is 5.86. The Morgan fingerprint density at radius 3 is 2.89 bits per heavy atom. The van der Waals surface area contributed by atoms with E-state index in [1.54, 1.807) is 0 Å². The summed E-state index contributed by atoms with van der Waals surface area (Å²) in [7, 11) is 0. The van der Waals surface area contributed by atoms with E-state index in [4.69, 9.17) is 5.26 Å². The molecule has 0 saturated heterocycles. The van der Waals surface area contributed by atoms with Gasteiger partial charge in [-0.05, 0) is 44.6 Å².